The van der Waals surface area contributed by atoms with Gasteiger partial charge in [-0.15, -0.1) is 0 Å². The van der Waals surface area contributed by atoms with E-state index >= 15 is 0 Å². The number of amides is 1. The predicted octanol–water partition coefficient (Wildman–Crippen LogP) is 4.90. The Hall–Kier alpha value is -4.40. The lowest BCUT2D eigenvalue weighted by Crippen LogP contribution is -2.34. The van der Waals surface area contributed by atoms with Crippen molar-refractivity contribution in [3.05, 3.63) is 80.0 Å². The van der Waals surface area contributed by atoms with E-state index in [1.807, 2.05) is 26.0 Å². The van der Waals surface area contributed by atoms with E-state index in [0.717, 1.165) is 18.8 Å². The Morgan fingerprint density at radius 2 is 1.42 bits per heavy atom. The van der Waals surface area contributed by atoms with Crippen molar-refractivity contribution in [2.75, 3.05) is 36.0 Å². The van der Waals surface area contributed by atoms with Crippen LogP contribution in [0.4, 0.5) is 11.4 Å². The summed E-state index contributed by atoms with van der Waals surface area (Å²) in [5, 5.41) is 1.14. The normalized spacial score (nSPS) is 11.1. The summed E-state index contributed by atoms with van der Waals surface area (Å²) in [5.74, 6) is -1.30. The van der Waals surface area contributed by atoms with Gasteiger partial charge in [-0.25, -0.2) is 14.4 Å². The minimum Gasteiger partial charge on any atom is -0.462 e. The monoisotopic (exact) mass is 518 g/mol. The summed E-state index contributed by atoms with van der Waals surface area (Å²) >= 11 is 0. The number of benzene rings is 2. The number of fused-ring (bicyclic) bond motifs is 2. The van der Waals surface area contributed by atoms with Crippen LogP contribution in [-0.4, -0.2) is 38.1 Å². The molecule has 9 nitrogen and oxygen atoms in total. The molecule has 2 aromatic heterocycles. The van der Waals surface area contributed by atoms with Gasteiger partial charge in [-0.05, 0) is 70.5 Å². The van der Waals surface area contributed by atoms with Gasteiger partial charge in [-0.3, -0.25) is 4.79 Å². The Morgan fingerprint density at radius 3 is 2.05 bits per heavy atom. The van der Waals surface area contributed by atoms with Gasteiger partial charge in [0, 0.05) is 48.2 Å². The molecule has 2 aromatic carbocycles. The molecule has 0 saturated heterocycles. The van der Waals surface area contributed by atoms with Gasteiger partial charge < -0.3 is 23.4 Å². The topological polar surface area (TPSA) is 110 Å². The maximum atomic E-state index is 13.6. The first-order valence-corrected chi connectivity index (χ1v) is 12.6. The third-order valence-corrected chi connectivity index (χ3v) is 6.48. The van der Waals surface area contributed by atoms with Crippen molar-refractivity contribution in [1.82, 2.24) is 0 Å². The zero-order valence-electron chi connectivity index (χ0n) is 22.1. The third-order valence-electron chi connectivity index (χ3n) is 6.48. The van der Waals surface area contributed by atoms with Crippen LogP contribution < -0.4 is 21.1 Å². The van der Waals surface area contributed by atoms with Gasteiger partial charge in [0.15, 0.2) is 0 Å². The molecule has 0 bridgehead atoms. The van der Waals surface area contributed by atoms with Gasteiger partial charge in [-0.1, -0.05) is 0 Å². The smallest absolute Gasteiger partial charge is 0.351 e. The molecule has 0 unspecified atom stereocenters. The van der Waals surface area contributed by atoms with Crippen LogP contribution in [0.2, 0.25) is 0 Å². The average molecular weight is 519 g/mol. The van der Waals surface area contributed by atoms with Gasteiger partial charge in [-0.2, -0.15) is 0 Å². The summed E-state index contributed by atoms with van der Waals surface area (Å²) in [6.07, 6.45) is 0. The predicted molar refractivity (Wildman–Crippen MR) is 147 cm³/mol. The van der Waals surface area contributed by atoms with Gasteiger partial charge in [0.25, 0.3) is 5.91 Å². The van der Waals surface area contributed by atoms with E-state index in [1.165, 1.54) is 11.0 Å². The molecule has 0 fully saturated rings. The van der Waals surface area contributed by atoms with Gasteiger partial charge in [0.05, 0.1) is 12.3 Å². The number of anilines is 2. The number of carbonyl (C=O) groups is 2. The number of esters is 1. The zero-order valence-corrected chi connectivity index (χ0v) is 22.1. The number of nitrogens with zero attached hydrogens (tertiary/aromatic N) is 2. The Balaban J connectivity index is 1.75. The van der Waals surface area contributed by atoms with Gasteiger partial charge in [0.1, 0.15) is 22.3 Å². The number of hydrogen-bond donors (Lipinski definition) is 0. The van der Waals surface area contributed by atoms with Crippen LogP contribution >= 0.6 is 0 Å². The lowest BCUT2D eigenvalue weighted by molar-refractivity contribution is 0.0521. The number of rotatable bonds is 8. The first-order chi connectivity index (χ1) is 18.2. The highest BCUT2D eigenvalue weighted by Gasteiger charge is 2.24. The summed E-state index contributed by atoms with van der Waals surface area (Å²) in [4.78, 5) is 54.6. The Kier molecular flexibility index (Phi) is 7.66. The first kappa shape index (κ1) is 26.7. The van der Waals surface area contributed by atoms with Crippen molar-refractivity contribution in [2.45, 2.75) is 34.6 Å². The Bertz CT molecular complexity index is 1650. The summed E-state index contributed by atoms with van der Waals surface area (Å²) < 4.78 is 15.9. The Labute approximate surface area is 219 Å². The minimum absolute atomic E-state index is 0.103. The highest BCUT2D eigenvalue weighted by atomic mass is 16.5. The maximum Gasteiger partial charge on any atom is 0.351 e. The van der Waals surface area contributed by atoms with E-state index in [1.54, 1.807) is 45.0 Å². The SMILES string of the molecule is CCOC(=O)c1cc2cc(C)c(N(CC)C(=O)c3cc4ccc(N(CC)CC)cc4oc3=O)cc2oc1=O. The highest BCUT2D eigenvalue weighted by molar-refractivity contribution is 6.08. The zero-order chi connectivity index (χ0) is 27.6. The van der Waals surface area contributed by atoms with Crippen LogP contribution in [0.25, 0.3) is 21.9 Å². The third kappa shape index (κ3) is 4.91. The number of hydrogen-bond acceptors (Lipinski definition) is 8. The Morgan fingerprint density at radius 1 is 0.789 bits per heavy atom. The second-order valence-corrected chi connectivity index (χ2v) is 8.74. The number of ether oxygens (including phenoxy) is 1. The van der Waals surface area contributed by atoms with Crippen molar-refractivity contribution in [1.29, 1.82) is 0 Å². The van der Waals surface area contributed by atoms with E-state index in [0.29, 0.717) is 27.6 Å². The lowest BCUT2D eigenvalue weighted by Gasteiger charge is -2.23. The molecule has 0 saturated carbocycles. The van der Waals surface area contributed by atoms with Crippen LogP contribution in [0.15, 0.2) is 60.9 Å². The molecule has 4 rings (SSSR count). The molecule has 0 atom stereocenters. The summed E-state index contributed by atoms with van der Waals surface area (Å²) in [6, 6.07) is 11.8. The van der Waals surface area contributed by atoms with Crippen LogP contribution in [0.5, 0.6) is 0 Å². The summed E-state index contributed by atoms with van der Waals surface area (Å²) in [5.41, 5.74) is 0.810. The van der Waals surface area contributed by atoms with Crippen LogP contribution in [0, 0.1) is 6.92 Å². The molecule has 0 N–H and O–H groups in total. The molecular formula is C29H30N2O7. The fourth-order valence-corrected chi connectivity index (χ4v) is 4.52. The number of carbonyl (C=O) groups excluding carboxylic acids is 2. The molecule has 198 valence electrons. The van der Waals surface area contributed by atoms with E-state index in [2.05, 4.69) is 4.90 Å². The summed E-state index contributed by atoms with van der Waals surface area (Å²) in [6.45, 7) is 11.3. The molecule has 38 heavy (non-hydrogen) atoms. The van der Waals surface area contributed by atoms with Gasteiger partial charge >= 0.3 is 17.2 Å². The fourth-order valence-electron chi connectivity index (χ4n) is 4.52. The van der Waals surface area contributed by atoms with Crippen molar-refractivity contribution >= 4 is 45.2 Å². The molecular weight excluding hydrogens is 488 g/mol. The van der Waals surface area contributed by atoms with Crippen molar-refractivity contribution in [3.8, 4) is 0 Å². The van der Waals surface area contributed by atoms with Crippen LogP contribution in [0.3, 0.4) is 0 Å². The van der Waals surface area contributed by atoms with Crippen LogP contribution in [0.1, 0.15) is 54.0 Å². The van der Waals surface area contributed by atoms with E-state index in [9.17, 15) is 19.2 Å². The largest absolute Gasteiger partial charge is 0.462 e. The quantitative estimate of drug-likeness (QED) is 0.239. The summed E-state index contributed by atoms with van der Waals surface area (Å²) in [7, 11) is 0. The van der Waals surface area contributed by atoms with E-state index < -0.39 is 23.1 Å². The molecule has 9 heteroatoms. The molecule has 1 amide bonds. The molecule has 4 aromatic rings. The molecule has 0 aliphatic rings. The fraction of sp³-hybridized carbons (Fsp3) is 0.310. The standard InChI is InChI=1S/C29H30N2O7/c1-6-30(7-2)20-11-10-18-13-21(28(34)37-24(18)15-20)26(32)31(8-3)23-16-25-19(12-17(23)5)14-22(29(35)38-25)27(33)36-9-4/h10-16H,6-9H2,1-5H3. The molecule has 2 heterocycles. The van der Waals surface area contributed by atoms with E-state index in [4.69, 9.17) is 13.6 Å². The van der Waals surface area contributed by atoms with Crippen molar-refractivity contribution in [2.24, 2.45) is 0 Å². The highest BCUT2D eigenvalue weighted by Crippen LogP contribution is 2.28. The average Bonchev–Trinajstić information content (AvgIpc) is 2.89. The molecule has 0 radical (unpaired) electrons. The second kappa shape index (κ2) is 10.9. The second-order valence-electron chi connectivity index (χ2n) is 8.74. The first-order valence-electron chi connectivity index (χ1n) is 12.6. The molecule has 0 aliphatic heterocycles. The maximum absolute atomic E-state index is 13.6. The van der Waals surface area contributed by atoms with Crippen molar-refractivity contribution < 1.29 is 23.2 Å². The molecule has 0 spiro atoms. The van der Waals surface area contributed by atoms with Crippen molar-refractivity contribution in [3.63, 3.8) is 0 Å². The van der Waals surface area contributed by atoms with E-state index in [-0.39, 0.29) is 29.9 Å². The van der Waals surface area contributed by atoms with Gasteiger partial charge in [0.2, 0.25) is 0 Å². The minimum atomic E-state index is -0.834. The lowest BCUT2D eigenvalue weighted by atomic mass is 10.1. The molecule has 0 aliphatic carbocycles. The van der Waals surface area contributed by atoms with Crippen LogP contribution in [-0.2, 0) is 4.74 Å². The number of aryl methyl sites for hydroxylation is 1.